The summed E-state index contributed by atoms with van der Waals surface area (Å²) in [7, 11) is 0. The van der Waals surface area contributed by atoms with Crippen LogP contribution in [0.4, 0.5) is 5.69 Å². The first kappa shape index (κ1) is 13.1. The Bertz CT molecular complexity index is 558. The smallest absolute Gasteiger partial charge is 0.262 e. The van der Waals surface area contributed by atoms with Crippen molar-refractivity contribution in [3.05, 3.63) is 23.8 Å². The van der Waals surface area contributed by atoms with Gasteiger partial charge in [0.25, 0.3) is 5.91 Å². The SMILES string of the molecule is O=C1COc2ccc(CNCC3CC4CCC3C4)cc2N1. The minimum absolute atomic E-state index is 0.0745. The molecule has 2 saturated carbocycles. The number of fused-ring (bicyclic) bond motifs is 3. The summed E-state index contributed by atoms with van der Waals surface area (Å²) in [5.74, 6) is 3.56. The largest absolute Gasteiger partial charge is 0.482 e. The van der Waals surface area contributed by atoms with Crippen molar-refractivity contribution in [2.45, 2.75) is 32.2 Å². The zero-order valence-corrected chi connectivity index (χ0v) is 12.2. The first-order valence-corrected chi connectivity index (χ1v) is 8.04. The lowest BCUT2D eigenvalue weighted by molar-refractivity contribution is -0.118. The predicted molar refractivity (Wildman–Crippen MR) is 81.2 cm³/mol. The van der Waals surface area contributed by atoms with Gasteiger partial charge in [-0.1, -0.05) is 12.5 Å². The summed E-state index contributed by atoms with van der Waals surface area (Å²) < 4.78 is 5.38. The van der Waals surface area contributed by atoms with Crippen LogP contribution in [-0.4, -0.2) is 19.1 Å². The molecule has 2 bridgehead atoms. The van der Waals surface area contributed by atoms with Crippen LogP contribution in [0.2, 0.25) is 0 Å². The van der Waals surface area contributed by atoms with Crippen molar-refractivity contribution < 1.29 is 9.53 Å². The van der Waals surface area contributed by atoms with Crippen LogP contribution in [0.25, 0.3) is 0 Å². The van der Waals surface area contributed by atoms with Gasteiger partial charge in [0.05, 0.1) is 5.69 Å². The van der Waals surface area contributed by atoms with Gasteiger partial charge in [-0.3, -0.25) is 4.79 Å². The van der Waals surface area contributed by atoms with E-state index in [0.717, 1.165) is 42.3 Å². The lowest BCUT2D eigenvalue weighted by Crippen LogP contribution is -2.27. The van der Waals surface area contributed by atoms with E-state index in [0.29, 0.717) is 0 Å². The van der Waals surface area contributed by atoms with Gasteiger partial charge in [0, 0.05) is 6.54 Å². The molecular weight excluding hydrogens is 264 g/mol. The van der Waals surface area contributed by atoms with Gasteiger partial charge in [-0.15, -0.1) is 0 Å². The van der Waals surface area contributed by atoms with Gasteiger partial charge in [-0.2, -0.15) is 0 Å². The highest BCUT2D eigenvalue weighted by molar-refractivity contribution is 5.95. The summed E-state index contributed by atoms with van der Waals surface area (Å²) in [5, 5.41) is 6.46. The van der Waals surface area contributed by atoms with Crippen LogP contribution in [0.3, 0.4) is 0 Å². The van der Waals surface area contributed by atoms with Crippen LogP contribution < -0.4 is 15.4 Å². The number of rotatable bonds is 4. The quantitative estimate of drug-likeness (QED) is 0.894. The van der Waals surface area contributed by atoms with Crippen molar-refractivity contribution in [3.63, 3.8) is 0 Å². The number of hydrogen-bond donors (Lipinski definition) is 2. The van der Waals surface area contributed by atoms with Crippen molar-refractivity contribution in [3.8, 4) is 5.75 Å². The third-order valence-electron chi connectivity index (χ3n) is 5.30. The van der Waals surface area contributed by atoms with E-state index in [1.807, 2.05) is 12.1 Å². The maximum atomic E-state index is 11.3. The highest BCUT2D eigenvalue weighted by Crippen LogP contribution is 2.47. The summed E-state index contributed by atoms with van der Waals surface area (Å²) in [6.45, 7) is 2.10. The van der Waals surface area contributed by atoms with E-state index < -0.39 is 0 Å². The van der Waals surface area contributed by atoms with Crippen molar-refractivity contribution >= 4 is 11.6 Å². The summed E-state index contributed by atoms with van der Waals surface area (Å²) >= 11 is 0. The maximum Gasteiger partial charge on any atom is 0.262 e. The number of anilines is 1. The minimum atomic E-state index is -0.0745. The van der Waals surface area contributed by atoms with Crippen LogP contribution in [0.15, 0.2) is 18.2 Å². The first-order chi connectivity index (χ1) is 10.3. The van der Waals surface area contributed by atoms with E-state index in [9.17, 15) is 4.79 Å². The molecule has 0 aromatic heterocycles. The van der Waals surface area contributed by atoms with Crippen molar-refractivity contribution in [2.24, 2.45) is 17.8 Å². The molecular formula is C17H22N2O2. The van der Waals surface area contributed by atoms with Crippen LogP contribution in [0.1, 0.15) is 31.2 Å². The van der Waals surface area contributed by atoms with Gasteiger partial charge >= 0.3 is 0 Å². The molecule has 2 fully saturated rings. The number of hydrogen-bond acceptors (Lipinski definition) is 3. The molecule has 0 radical (unpaired) electrons. The van der Waals surface area contributed by atoms with Crippen LogP contribution in [0, 0.1) is 17.8 Å². The molecule has 3 aliphatic rings. The molecule has 1 amide bonds. The fourth-order valence-corrected chi connectivity index (χ4v) is 4.27. The Morgan fingerprint density at radius 2 is 2.24 bits per heavy atom. The normalized spacial score (nSPS) is 29.9. The third kappa shape index (κ3) is 2.64. The molecule has 3 unspecified atom stereocenters. The first-order valence-electron chi connectivity index (χ1n) is 8.04. The fourth-order valence-electron chi connectivity index (χ4n) is 4.27. The van der Waals surface area contributed by atoms with Gasteiger partial charge in [-0.05, 0) is 61.3 Å². The van der Waals surface area contributed by atoms with Crippen molar-refractivity contribution in [1.82, 2.24) is 5.32 Å². The van der Waals surface area contributed by atoms with E-state index in [4.69, 9.17) is 4.74 Å². The van der Waals surface area contributed by atoms with E-state index in [-0.39, 0.29) is 12.5 Å². The molecule has 4 rings (SSSR count). The van der Waals surface area contributed by atoms with E-state index >= 15 is 0 Å². The molecule has 21 heavy (non-hydrogen) atoms. The molecule has 0 spiro atoms. The van der Waals surface area contributed by atoms with Gasteiger partial charge < -0.3 is 15.4 Å². The van der Waals surface area contributed by atoms with Gasteiger partial charge in [0.1, 0.15) is 5.75 Å². The van der Waals surface area contributed by atoms with E-state index in [1.54, 1.807) is 0 Å². The Labute approximate surface area is 125 Å². The zero-order valence-electron chi connectivity index (χ0n) is 12.2. The topological polar surface area (TPSA) is 50.4 Å². The number of benzene rings is 1. The van der Waals surface area contributed by atoms with E-state index in [2.05, 4.69) is 16.7 Å². The van der Waals surface area contributed by atoms with Crippen molar-refractivity contribution in [2.75, 3.05) is 18.5 Å². The molecule has 2 aliphatic carbocycles. The van der Waals surface area contributed by atoms with Crippen LogP contribution in [0.5, 0.6) is 5.75 Å². The standard InChI is InChI=1S/C17H22N2O2/c20-17-10-21-16-4-2-12(7-15(16)19-17)8-18-9-14-6-11-1-3-13(14)5-11/h2,4,7,11,13-14,18H,1,3,5-6,8-10H2,(H,19,20). The molecule has 2 N–H and O–H groups in total. The molecule has 3 atom stereocenters. The van der Waals surface area contributed by atoms with Gasteiger partial charge in [0.2, 0.25) is 0 Å². The van der Waals surface area contributed by atoms with Crippen LogP contribution in [-0.2, 0) is 11.3 Å². The number of carbonyl (C=O) groups is 1. The molecule has 1 aliphatic heterocycles. The summed E-state index contributed by atoms with van der Waals surface area (Å²) in [5.41, 5.74) is 1.99. The lowest BCUT2D eigenvalue weighted by atomic mass is 9.89. The average Bonchev–Trinajstić information content (AvgIpc) is 3.09. The highest BCUT2D eigenvalue weighted by atomic mass is 16.5. The molecule has 1 aromatic carbocycles. The zero-order chi connectivity index (χ0) is 14.2. The molecule has 4 heteroatoms. The third-order valence-corrected chi connectivity index (χ3v) is 5.30. The number of amides is 1. The Balaban J connectivity index is 1.33. The fraction of sp³-hybridized carbons (Fsp3) is 0.588. The summed E-state index contributed by atoms with van der Waals surface area (Å²) in [6.07, 6.45) is 5.80. The molecule has 1 heterocycles. The molecule has 112 valence electrons. The Hall–Kier alpha value is -1.55. The van der Waals surface area contributed by atoms with Crippen LogP contribution >= 0.6 is 0 Å². The van der Waals surface area contributed by atoms with Crippen molar-refractivity contribution in [1.29, 1.82) is 0 Å². The van der Waals surface area contributed by atoms with E-state index in [1.165, 1.54) is 31.2 Å². The Kier molecular flexibility index (Phi) is 3.34. The van der Waals surface area contributed by atoms with Gasteiger partial charge in [0.15, 0.2) is 6.61 Å². The number of nitrogens with one attached hydrogen (secondary N) is 2. The second-order valence-corrected chi connectivity index (χ2v) is 6.73. The maximum absolute atomic E-state index is 11.3. The van der Waals surface area contributed by atoms with Gasteiger partial charge in [-0.25, -0.2) is 0 Å². The summed E-state index contributed by atoms with van der Waals surface area (Å²) in [4.78, 5) is 11.3. The monoisotopic (exact) mass is 286 g/mol. The molecule has 1 aromatic rings. The number of ether oxygens (including phenoxy) is 1. The average molecular weight is 286 g/mol. The Morgan fingerprint density at radius 1 is 1.29 bits per heavy atom. The Morgan fingerprint density at radius 3 is 3.05 bits per heavy atom. The highest BCUT2D eigenvalue weighted by Gasteiger charge is 2.38. The second kappa shape index (κ2) is 5.34. The minimum Gasteiger partial charge on any atom is -0.482 e. The molecule has 4 nitrogen and oxygen atoms in total. The second-order valence-electron chi connectivity index (χ2n) is 6.73. The summed E-state index contributed by atoms with van der Waals surface area (Å²) in [6, 6.07) is 6.04. The number of carbonyl (C=O) groups excluding carboxylic acids is 1. The molecule has 0 saturated heterocycles. The lowest BCUT2D eigenvalue weighted by Gasteiger charge is -2.22. The predicted octanol–water partition coefficient (Wildman–Crippen LogP) is 2.54.